The summed E-state index contributed by atoms with van der Waals surface area (Å²) in [6, 6.07) is -2.97. The second kappa shape index (κ2) is 3.54. The second-order valence-electron chi connectivity index (χ2n) is 2.48. The van der Waals surface area contributed by atoms with Gasteiger partial charge in [-0.1, -0.05) is 0 Å². The Labute approximate surface area is 73.5 Å². The van der Waals surface area contributed by atoms with Crippen molar-refractivity contribution in [1.29, 1.82) is 0 Å². The summed E-state index contributed by atoms with van der Waals surface area (Å²) in [7, 11) is 0. The maximum Gasteiger partial charge on any atom is 0.459 e. The molecule has 0 aromatic heterocycles. The molecule has 0 heterocycles. The maximum absolute atomic E-state index is 12.3. The average molecular weight is 229 g/mol. The first-order chi connectivity index (χ1) is 5.98. The lowest BCUT2D eigenvalue weighted by Gasteiger charge is -2.31. The number of rotatable bonds is 3. The zero-order valence-corrected chi connectivity index (χ0v) is 6.45. The summed E-state index contributed by atoms with van der Waals surface area (Å²) in [6.45, 7) is -1.68. The van der Waals surface area contributed by atoms with Crippen LogP contribution in [-0.2, 0) is 0 Å². The minimum atomic E-state index is -6.41. The lowest BCUT2D eigenvalue weighted by molar-refractivity contribution is -0.359. The molecule has 86 valence electrons. The van der Waals surface area contributed by atoms with Gasteiger partial charge in [-0.15, -0.1) is 0 Å². The van der Waals surface area contributed by atoms with Crippen LogP contribution in [0.15, 0.2) is 0 Å². The first-order valence-electron chi connectivity index (χ1n) is 3.17. The Balaban J connectivity index is 5.07. The van der Waals surface area contributed by atoms with Gasteiger partial charge in [0.15, 0.2) is 0 Å². The molecule has 0 unspecified atom stereocenters. The number of aliphatic hydroxyl groups excluding tert-OH is 1. The van der Waals surface area contributed by atoms with Crippen LogP contribution in [0.3, 0.4) is 0 Å². The monoisotopic (exact) mass is 229 g/mol. The van der Waals surface area contributed by atoms with Crippen molar-refractivity contribution in [2.24, 2.45) is 5.73 Å². The maximum atomic E-state index is 12.3. The lowest BCUT2D eigenvalue weighted by Crippen LogP contribution is -2.61. The van der Waals surface area contributed by atoms with E-state index in [0.29, 0.717) is 0 Å². The number of hydrogen-bond acceptors (Lipinski definition) is 2. The molecule has 1 atom stereocenters. The van der Waals surface area contributed by atoms with Crippen LogP contribution in [0.4, 0.5) is 30.7 Å². The summed E-state index contributed by atoms with van der Waals surface area (Å²) in [5.41, 5.74) is 4.25. The molecule has 0 radical (unpaired) electrons. The standard InChI is InChI=1S/C5H6F7NO/c6-3(7,2(13)1-14)4(8,9)5(10,11)12/h2,14H,1,13H2/t2-/m0/s1. The van der Waals surface area contributed by atoms with Gasteiger partial charge in [0, 0.05) is 0 Å². The number of hydrogen-bond donors (Lipinski definition) is 2. The Hall–Kier alpha value is -0.570. The molecular formula is C5H6F7NO. The molecule has 2 nitrogen and oxygen atoms in total. The van der Waals surface area contributed by atoms with Gasteiger partial charge >= 0.3 is 18.0 Å². The van der Waals surface area contributed by atoms with Crippen molar-refractivity contribution in [3.05, 3.63) is 0 Å². The Bertz CT molecular complexity index is 201. The Kier molecular flexibility index (Phi) is 3.39. The summed E-state index contributed by atoms with van der Waals surface area (Å²) >= 11 is 0. The van der Waals surface area contributed by atoms with E-state index in [9.17, 15) is 30.7 Å². The quantitative estimate of drug-likeness (QED) is 0.713. The molecule has 0 saturated heterocycles. The molecule has 9 heteroatoms. The highest BCUT2D eigenvalue weighted by atomic mass is 19.4. The molecule has 0 aliphatic rings. The van der Waals surface area contributed by atoms with E-state index in [0.717, 1.165) is 0 Å². The molecule has 0 aromatic rings. The van der Waals surface area contributed by atoms with Crippen molar-refractivity contribution in [3.8, 4) is 0 Å². The summed E-state index contributed by atoms with van der Waals surface area (Å²) in [5.74, 6) is -11.8. The fourth-order valence-electron chi connectivity index (χ4n) is 0.536. The van der Waals surface area contributed by atoms with E-state index in [-0.39, 0.29) is 0 Å². The van der Waals surface area contributed by atoms with Crippen molar-refractivity contribution in [2.45, 2.75) is 24.1 Å². The molecule has 0 spiro atoms. The number of alkyl halides is 7. The van der Waals surface area contributed by atoms with Gasteiger partial charge in [0.05, 0.1) is 12.6 Å². The second-order valence-corrected chi connectivity index (χ2v) is 2.48. The topological polar surface area (TPSA) is 46.2 Å². The van der Waals surface area contributed by atoms with Gasteiger partial charge in [-0.2, -0.15) is 30.7 Å². The van der Waals surface area contributed by atoms with Crippen molar-refractivity contribution >= 4 is 0 Å². The molecule has 0 aliphatic heterocycles. The molecular weight excluding hydrogens is 223 g/mol. The summed E-state index contributed by atoms with van der Waals surface area (Å²) in [6.07, 6.45) is -6.41. The molecule has 0 aliphatic carbocycles. The summed E-state index contributed by atoms with van der Waals surface area (Å²) < 4.78 is 83.2. The van der Waals surface area contributed by atoms with Gasteiger partial charge < -0.3 is 10.8 Å². The van der Waals surface area contributed by atoms with Crippen molar-refractivity contribution in [1.82, 2.24) is 0 Å². The Morgan fingerprint density at radius 2 is 1.36 bits per heavy atom. The van der Waals surface area contributed by atoms with Gasteiger partial charge in [-0.05, 0) is 0 Å². The molecule has 0 bridgehead atoms. The van der Waals surface area contributed by atoms with Gasteiger partial charge in [0.1, 0.15) is 0 Å². The van der Waals surface area contributed by atoms with Crippen LogP contribution in [0.5, 0.6) is 0 Å². The SMILES string of the molecule is N[C@@H](CO)C(F)(F)C(F)(F)C(F)(F)F. The fraction of sp³-hybridized carbons (Fsp3) is 1.00. The van der Waals surface area contributed by atoms with E-state index in [1.807, 2.05) is 0 Å². The highest BCUT2D eigenvalue weighted by Crippen LogP contribution is 2.47. The van der Waals surface area contributed by atoms with E-state index in [4.69, 9.17) is 5.11 Å². The van der Waals surface area contributed by atoms with Crippen molar-refractivity contribution in [3.63, 3.8) is 0 Å². The minimum absolute atomic E-state index is 1.68. The largest absolute Gasteiger partial charge is 0.459 e. The summed E-state index contributed by atoms with van der Waals surface area (Å²) in [4.78, 5) is 0. The Morgan fingerprint density at radius 3 is 1.57 bits per heavy atom. The third kappa shape index (κ3) is 1.92. The normalized spacial score (nSPS) is 16.9. The minimum Gasteiger partial charge on any atom is -0.395 e. The van der Waals surface area contributed by atoms with Gasteiger partial charge in [0.2, 0.25) is 0 Å². The van der Waals surface area contributed by atoms with Crippen LogP contribution >= 0.6 is 0 Å². The number of halogens is 7. The number of nitrogens with two attached hydrogens (primary N) is 1. The van der Waals surface area contributed by atoms with E-state index in [2.05, 4.69) is 5.73 Å². The fourth-order valence-corrected chi connectivity index (χ4v) is 0.536. The van der Waals surface area contributed by atoms with E-state index >= 15 is 0 Å². The molecule has 0 aromatic carbocycles. The van der Waals surface area contributed by atoms with Crippen LogP contribution in [-0.4, -0.2) is 35.8 Å². The molecule has 0 saturated carbocycles. The molecule has 0 amide bonds. The highest BCUT2D eigenvalue weighted by Gasteiger charge is 2.74. The average Bonchev–Trinajstić information content (AvgIpc) is 2.00. The van der Waals surface area contributed by atoms with Crippen LogP contribution in [0.1, 0.15) is 0 Å². The third-order valence-corrected chi connectivity index (χ3v) is 1.44. The third-order valence-electron chi connectivity index (χ3n) is 1.44. The highest BCUT2D eigenvalue weighted by molar-refractivity contribution is 4.97. The van der Waals surface area contributed by atoms with Crippen LogP contribution in [0.2, 0.25) is 0 Å². The first kappa shape index (κ1) is 13.4. The van der Waals surface area contributed by atoms with Gasteiger partial charge in [-0.3, -0.25) is 0 Å². The van der Waals surface area contributed by atoms with E-state index < -0.39 is 30.7 Å². The summed E-state index contributed by atoms with van der Waals surface area (Å²) in [5, 5.41) is 7.99. The van der Waals surface area contributed by atoms with Crippen molar-refractivity contribution in [2.75, 3.05) is 6.61 Å². The zero-order chi connectivity index (χ0) is 11.8. The van der Waals surface area contributed by atoms with Crippen LogP contribution < -0.4 is 5.73 Å². The predicted octanol–water partition coefficient (Wildman–Crippen LogP) is 1.14. The van der Waals surface area contributed by atoms with E-state index in [1.165, 1.54) is 0 Å². The first-order valence-corrected chi connectivity index (χ1v) is 3.17. The molecule has 0 rings (SSSR count). The Morgan fingerprint density at radius 1 is 1.00 bits per heavy atom. The molecule has 3 N–H and O–H groups in total. The van der Waals surface area contributed by atoms with Gasteiger partial charge in [-0.25, -0.2) is 0 Å². The number of aliphatic hydroxyl groups is 1. The van der Waals surface area contributed by atoms with E-state index in [1.54, 1.807) is 0 Å². The van der Waals surface area contributed by atoms with Crippen LogP contribution in [0.25, 0.3) is 0 Å². The molecule has 14 heavy (non-hydrogen) atoms. The predicted molar refractivity (Wildman–Crippen MR) is 31.0 cm³/mol. The van der Waals surface area contributed by atoms with Crippen LogP contribution in [0, 0.1) is 0 Å². The zero-order valence-electron chi connectivity index (χ0n) is 6.45. The smallest absolute Gasteiger partial charge is 0.395 e. The van der Waals surface area contributed by atoms with Crippen molar-refractivity contribution < 1.29 is 35.8 Å². The molecule has 0 fully saturated rings. The lowest BCUT2D eigenvalue weighted by atomic mass is 10.0. The van der Waals surface area contributed by atoms with Gasteiger partial charge in [0.25, 0.3) is 0 Å².